The topological polar surface area (TPSA) is 17.8 Å². The van der Waals surface area contributed by atoms with E-state index in [1.165, 1.54) is 9.09 Å². The molecule has 2 rings (SSSR count). The summed E-state index contributed by atoms with van der Waals surface area (Å²) in [5.41, 5.74) is 2.30. The number of aromatic nitrogens is 2. The fourth-order valence-corrected chi connectivity index (χ4v) is 2.70. The van der Waals surface area contributed by atoms with Gasteiger partial charge < -0.3 is 4.57 Å². The van der Waals surface area contributed by atoms with Gasteiger partial charge in [0.25, 0.3) is 0 Å². The van der Waals surface area contributed by atoms with Gasteiger partial charge in [0.05, 0.1) is 11.0 Å². The summed E-state index contributed by atoms with van der Waals surface area (Å²) in [5.74, 6) is 1.72. The zero-order valence-electron chi connectivity index (χ0n) is 10.1. The third-order valence-electron chi connectivity index (χ3n) is 3.07. The molecule has 0 aliphatic carbocycles. The standard InChI is InChI=1S/C13H16ClIN2/c1-3-9(2)17-12-5-4-10(15)8-11(12)16-13(17)6-7-14/h4-5,8-9H,3,6-7H2,1-2H3. The molecule has 0 radical (unpaired) electrons. The predicted octanol–water partition coefficient (Wildman–Crippen LogP) is 4.39. The van der Waals surface area contributed by atoms with E-state index in [4.69, 9.17) is 16.6 Å². The van der Waals surface area contributed by atoms with Gasteiger partial charge in [0.2, 0.25) is 0 Å². The first kappa shape index (κ1) is 13.1. The summed E-state index contributed by atoms with van der Waals surface area (Å²) in [5, 5.41) is 0. The molecule has 4 heteroatoms. The Labute approximate surface area is 121 Å². The zero-order valence-corrected chi connectivity index (χ0v) is 13.0. The number of nitrogens with zero attached hydrogens (tertiary/aromatic N) is 2. The van der Waals surface area contributed by atoms with Crippen LogP contribution in [0.3, 0.4) is 0 Å². The van der Waals surface area contributed by atoms with Crippen LogP contribution in [0, 0.1) is 3.57 Å². The first-order chi connectivity index (χ1) is 8.17. The third-order valence-corrected chi connectivity index (χ3v) is 3.93. The van der Waals surface area contributed by atoms with E-state index in [2.05, 4.69) is 59.2 Å². The molecular formula is C13H16ClIN2. The van der Waals surface area contributed by atoms with Gasteiger partial charge in [0.15, 0.2) is 0 Å². The number of hydrogen-bond acceptors (Lipinski definition) is 1. The zero-order chi connectivity index (χ0) is 12.4. The molecule has 2 aromatic rings. The second kappa shape index (κ2) is 5.57. The average Bonchev–Trinajstić information content (AvgIpc) is 2.65. The molecule has 17 heavy (non-hydrogen) atoms. The molecule has 0 saturated heterocycles. The van der Waals surface area contributed by atoms with Gasteiger partial charge in [-0.05, 0) is 54.1 Å². The highest BCUT2D eigenvalue weighted by molar-refractivity contribution is 14.1. The number of imidazole rings is 1. The van der Waals surface area contributed by atoms with E-state index < -0.39 is 0 Å². The van der Waals surface area contributed by atoms with Crippen LogP contribution in [-0.4, -0.2) is 15.4 Å². The number of fused-ring (bicyclic) bond motifs is 1. The van der Waals surface area contributed by atoms with Crippen LogP contribution in [0.5, 0.6) is 0 Å². The highest BCUT2D eigenvalue weighted by Gasteiger charge is 2.14. The van der Waals surface area contributed by atoms with Crippen LogP contribution >= 0.6 is 34.2 Å². The SMILES string of the molecule is CCC(C)n1c(CCCl)nc2cc(I)ccc21. The second-order valence-corrected chi connectivity index (χ2v) is 5.85. The quantitative estimate of drug-likeness (QED) is 0.582. The molecule has 1 heterocycles. The lowest BCUT2D eigenvalue weighted by Gasteiger charge is -2.15. The minimum Gasteiger partial charge on any atom is -0.325 e. The molecule has 1 unspecified atom stereocenters. The molecule has 0 N–H and O–H groups in total. The van der Waals surface area contributed by atoms with Crippen molar-refractivity contribution in [2.24, 2.45) is 0 Å². The molecule has 2 nitrogen and oxygen atoms in total. The summed E-state index contributed by atoms with van der Waals surface area (Å²) >= 11 is 8.18. The van der Waals surface area contributed by atoms with Crippen molar-refractivity contribution >= 4 is 45.2 Å². The van der Waals surface area contributed by atoms with Crippen molar-refractivity contribution in [1.82, 2.24) is 9.55 Å². The van der Waals surface area contributed by atoms with E-state index in [1.54, 1.807) is 0 Å². The average molecular weight is 363 g/mol. The monoisotopic (exact) mass is 362 g/mol. The van der Waals surface area contributed by atoms with Crippen LogP contribution < -0.4 is 0 Å². The van der Waals surface area contributed by atoms with Crippen molar-refractivity contribution in [3.8, 4) is 0 Å². The van der Waals surface area contributed by atoms with Crippen LogP contribution in [0.25, 0.3) is 11.0 Å². The fraction of sp³-hybridized carbons (Fsp3) is 0.462. The van der Waals surface area contributed by atoms with Crippen LogP contribution in [-0.2, 0) is 6.42 Å². The third kappa shape index (κ3) is 2.60. The maximum absolute atomic E-state index is 5.86. The van der Waals surface area contributed by atoms with Gasteiger partial charge in [-0.2, -0.15) is 0 Å². The van der Waals surface area contributed by atoms with Gasteiger partial charge in [0.1, 0.15) is 5.82 Å². The highest BCUT2D eigenvalue weighted by atomic mass is 127. The van der Waals surface area contributed by atoms with Gasteiger partial charge in [-0.3, -0.25) is 0 Å². The summed E-state index contributed by atoms with van der Waals surface area (Å²) in [4.78, 5) is 4.71. The summed E-state index contributed by atoms with van der Waals surface area (Å²) in [6, 6.07) is 6.90. The molecule has 0 saturated carbocycles. The molecule has 0 aliphatic rings. The maximum Gasteiger partial charge on any atom is 0.111 e. The number of aryl methyl sites for hydroxylation is 1. The molecular weight excluding hydrogens is 347 g/mol. The van der Waals surface area contributed by atoms with Gasteiger partial charge in [0, 0.05) is 21.9 Å². The number of alkyl halides is 1. The van der Waals surface area contributed by atoms with Gasteiger partial charge in [-0.25, -0.2) is 4.98 Å². The van der Waals surface area contributed by atoms with Gasteiger partial charge in [-0.15, -0.1) is 11.6 Å². The van der Waals surface area contributed by atoms with Crippen LogP contribution in [0.4, 0.5) is 0 Å². The Balaban J connectivity index is 2.62. The van der Waals surface area contributed by atoms with Crippen LogP contribution in [0.2, 0.25) is 0 Å². The minimum absolute atomic E-state index is 0.471. The molecule has 0 amide bonds. The smallest absolute Gasteiger partial charge is 0.111 e. The van der Waals surface area contributed by atoms with Gasteiger partial charge in [-0.1, -0.05) is 6.92 Å². The molecule has 0 spiro atoms. The molecule has 1 atom stereocenters. The van der Waals surface area contributed by atoms with Crippen LogP contribution in [0.15, 0.2) is 18.2 Å². The largest absolute Gasteiger partial charge is 0.325 e. The first-order valence-corrected chi connectivity index (χ1v) is 7.51. The molecule has 1 aromatic heterocycles. The molecule has 92 valence electrons. The molecule has 1 aromatic carbocycles. The van der Waals surface area contributed by atoms with E-state index in [1.807, 2.05) is 0 Å². The van der Waals surface area contributed by atoms with Crippen molar-refractivity contribution in [1.29, 1.82) is 0 Å². The van der Waals surface area contributed by atoms with Crippen molar-refractivity contribution in [3.05, 3.63) is 27.6 Å². The maximum atomic E-state index is 5.86. The molecule has 0 bridgehead atoms. The predicted molar refractivity (Wildman–Crippen MR) is 81.9 cm³/mol. The Kier molecular flexibility index (Phi) is 4.31. The van der Waals surface area contributed by atoms with E-state index in [9.17, 15) is 0 Å². The van der Waals surface area contributed by atoms with E-state index >= 15 is 0 Å². The minimum atomic E-state index is 0.471. The number of hydrogen-bond donors (Lipinski definition) is 0. The van der Waals surface area contributed by atoms with Crippen molar-refractivity contribution in [2.75, 3.05) is 5.88 Å². The van der Waals surface area contributed by atoms with Crippen molar-refractivity contribution in [3.63, 3.8) is 0 Å². The molecule has 0 fully saturated rings. The fourth-order valence-electron chi connectivity index (χ4n) is 2.06. The van der Waals surface area contributed by atoms with Crippen molar-refractivity contribution in [2.45, 2.75) is 32.7 Å². The Bertz CT molecular complexity index is 521. The number of halogens is 2. The second-order valence-electron chi connectivity index (χ2n) is 4.23. The lowest BCUT2D eigenvalue weighted by atomic mass is 10.2. The summed E-state index contributed by atoms with van der Waals surface area (Å²) in [6.45, 7) is 4.44. The summed E-state index contributed by atoms with van der Waals surface area (Å²) < 4.78 is 3.55. The van der Waals surface area contributed by atoms with E-state index in [0.29, 0.717) is 11.9 Å². The Morgan fingerprint density at radius 1 is 1.47 bits per heavy atom. The van der Waals surface area contributed by atoms with Gasteiger partial charge >= 0.3 is 0 Å². The lowest BCUT2D eigenvalue weighted by molar-refractivity contribution is 0.525. The summed E-state index contributed by atoms with van der Waals surface area (Å²) in [6.07, 6.45) is 1.93. The van der Waals surface area contributed by atoms with E-state index in [-0.39, 0.29) is 0 Å². The summed E-state index contributed by atoms with van der Waals surface area (Å²) in [7, 11) is 0. The lowest BCUT2D eigenvalue weighted by Crippen LogP contribution is -2.09. The first-order valence-electron chi connectivity index (χ1n) is 5.89. The normalized spacial score (nSPS) is 13.2. The van der Waals surface area contributed by atoms with E-state index in [0.717, 1.165) is 24.2 Å². The highest BCUT2D eigenvalue weighted by Crippen LogP contribution is 2.24. The van der Waals surface area contributed by atoms with Crippen LogP contribution in [0.1, 0.15) is 32.1 Å². The number of benzene rings is 1. The van der Waals surface area contributed by atoms with Crippen molar-refractivity contribution < 1.29 is 0 Å². The number of rotatable bonds is 4. The Morgan fingerprint density at radius 3 is 2.88 bits per heavy atom. The Hall–Kier alpha value is -0.290. The molecule has 0 aliphatic heterocycles. The Morgan fingerprint density at radius 2 is 2.24 bits per heavy atom.